The van der Waals surface area contributed by atoms with Gasteiger partial charge >= 0.3 is 0 Å². The van der Waals surface area contributed by atoms with E-state index in [1.165, 1.54) is 17.9 Å². The quantitative estimate of drug-likeness (QED) is 0.905. The van der Waals surface area contributed by atoms with E-state index in [4.69, 9.17) is 5.26 Å². The number of anilines is 1. The summed E-state index contributed by atoms with van der Waals surface area (Å²) in [5.41, 5.74) is 1.77. The standard InChI is InChI=1S/C11H11BrN2S/c12-10-5-8(6-13)1-2-11(10)14-9-3-4-15-7-9/h1-2,5,9,14H,3-4,7H2. The van der Waals surface area contributed by atoms with E-state index in [0.717, 1.165) is 10.2 Å². The van der Waals surface area contributed by atoms with E-state index in [-0.39, 0.29) is 0 Å². The van der Waals surface area contributed by atoms with Gasteiger partial charge in [-0.3, -0.25) is 0 Å². The number of hydrogen-bond donors (Lipinski definition) is 1. The van der Waals surface area contributed by atoms with E-state index >= 15 is 0 Å². The van der Waals surface area contributed by atoms with Crippen LogP contribution in [0.4, 0.5) is 5.69 Å². The van der Waals surface area contributed by atoms with Crippen molar-refractivity contribution in [1.82, 2.24) is 0 Å². The second kappa shape index (κ2) is 4.91. The number of halogens is 1. The average molecular weight is 283 g/mol. The smallest absolute Gasteiger partial charge is 0.0992 e. The van der Waals surface area contributed by atoms with Crippen molar-refractivity contribution >= 4 is 33.4 Å². The first-order valence-corrected chi connectivity index (χ1v) is 6.78. The Hall–Kier alpha value is -0.660. The molecule has 1 saturated heterocycles. The molecule has 1 N–H and O–H groups in total. The fourth-order valence-electron chi connectivity index (χ4n) is 1.57. The van der Waals surface area contributed by atoms with Crippen LogP contribution < -0.4 is 5.32 Å². The normalized spacial score (nSPS) is 19.9. The van der Waals surface area contributed by atoms with Crippen molar-refractivity contribution in [3.05, 3.63) is 28.2 Å². The van der Waals surface area contributed by atoms with Crippen molar-refractivity contribution in [2.45, 2.75) is 12.5 Å². The average Bonchev–Trinajstić information content (AvgIpc) is 2.74. The van der Waals surface area contributed by atoms with Crippen molar-refractivity contribution in [2.75, 3.05) is 16.8 Å². The minimum atomic E-state index is 0.569. The highest BCUT2D eigenvalue weighted by Crippen LogP contribution is 2.27. The minimum Gasteiger partial charge on any atom is -0.381 e. The lowest BCUT2D eigenvalue weighted by Crippen LogP contribution is -2.18. The van der Waals surface area contributed by atoms with Gasteiger partial charge in [0.15, 0.2) is 0 Å². The van der Waals surface area contributed by atoms with Crippen LogP contribution >= 0.6 is 27.7 Å². The molecule has 1 aromatic rings. The summed E-state index contributed by atoms with van der Waals surface area (Å²) < 4.78 is 0.971. The SMILES string of the molecule is N#Cc1ccc(NC2CCSC2)c(Br)c1. The Labute approximate surface area is 102 Å². The topological polar surface area (TPSA) is 35.8 Å². The van der Waals surface area contributed by atoms with E-state index < -0.39 is 0 Å². The van der Waals surface area contributed by atoms with Gasteiger partial charge in [0.05, 0.1) is 11.6 Å². The number of nitrogens with zero attached hydrogens (tertiary/aromatic N) is 1. The molecule has 0 aliphatic carbocycles. The lowest BCUT2D eigenvalue weighted by atomic mass is 10.2. The number of nitriles is 1. The van der Waals surface area contributed by atoms with E-state index in [2.05, 4.69) is 27.3 Å². The monoisotopic (exact) mass is 282 g/mol. The fourth-order valence-corrected chi connectivity index (χ4v) is 3.22. The summed E-state index contributed by atoms with van der Waals surface area (Å²) in [6, 6.07) is 8.35. The van der Waals surface area contributed by atoms with Gasteiger partial charge in [0.2, 0.25) is 0 Å². The highest BCUT2D eigenvalue weighted by Gasteiger charge is 2.15. The minimum absolute atomic E-state index is 0.569. The van der Waals surface area contributed by atoms with Gasteiger partial charge in [-0.05, 0) is 46.3 Å². The van der Waals surface area contributed by atoms with Gasteiger partial charge in [0.1, 0.15) is 0 Å². The maximum atomic E-state index is 8.74. The Kier molecular flexibility index (Phi) is 3.55. The van der Waals surface area contributed by atoms with E-state index in [1.54, 1.807) is 0 Å². The van der Waals surface area contributed by atoms with Crippen LogP contribution in [0.5, 0.6) is 0 Å². The molecular weight excluding hydrogens is 272 g/mol. The third kappa shape index (κ3) is 2.67. The maximum Gasteiger partial charge on any atom is 0.0992 e. The Morgan fingerprint density at radius 3 is 3.00 bits per heavy atom. The molecule has 1 atom stereocenters. The van der Waals surface area contributed by atoms with Crippen LogP contribution in [0.2, 0.25) is 0 Å². The molecule has 0 saturated carbocycles. The molecule has 1 heterocycles. The second-order valence-corrected chi connectivity index (χ2v) is 5.52. The third-order valence-electron chi connectivity index (χ3n) is 2.39. The Morgan fingerprint density at radius 2 is 2.40 bits per heavy atom. The van der Waals surface area contributed by atoms with Gasteiger partial charge in [-0.25, -0.2) is 0 Å². The lowest BCUT2D eigenvalue weighted by molar-refractivity contribution is 0.812. The molecule has 2 nitrogen and oxygen atoms in total. The summed E-state index contributed by atoms with van der Waals surface area (Å²) in [5, 5.41) is 12.2. The second-order valence-electron chi connectivity index (χ2n) is 3.51. The van der Waals surface area contributed by atoms with Crippen LogP contribution in [0.3, 0.4) is 0 Å². The number of thioether (sulfide) groups is 1. The number of nitrogens with one attached hydrogen (secondary N) is 1. The van der Waals surface area contributed by atoms with Gasteiger partial charge in [0.25, 0.3) is 0 Å². The predicted octanol–water partition coefficient (Wildman–Crippen LogP) is 3.24. The molecule has 1 aliphatic heterocycles. The highest BCUT2D eigenvalue weighted by atomic mass is 79.9. The van der Waals surface area contributed by atoms with E-state index in [0.29, 0.717) is 11.6 Å². The van der Waals surface area contributed by atoms with Gasteiger partial charge in [-0.2, -0.15) is 17.0 Å². The lowest BCUT2D eigenvalue weighted by Gasteiger charge is -2.14. The molecule has 0 aromatic heterocycles. The van der Waals surface area contributed by atoms with Crippen molar-refractivity contribution in [1.29, 1.82) is 5.26 Å². The number of hydrogen-bond acceptors (Lipinski definition) is 3. The molecule has 1 aliphatic rings. The maximum absolute atomic E-state index is 8.74. The molecule has 4 heteroatoms. The molecule has 0 bridgehead atoms. The molecule has 78 valence electrons. The van der Waals surface area contributed by atoms with Gasteiger partial charge in [-0.15, -0.1) is 0 Å². The molecule has 15 heavy (non-hydrogen) atoms. The summed E-state index contributed by atoms with van der Waals surface area (Å²) >= 11 is 5.46. The molecule has 0 spiro atoms. The van der Waals surface area contributed by atoms with Crippen molar-refractivity contribution in [2.24, 2.45) is 0 Å². The summed E-state index contributed by atoms with van der Waals surface area (Å²) in [4.78, 5) is 0. The Bertz CT molecular complexity index is 394. The Morgan fingerprint density at radius 1 is 1.53 bits per heavy atom. The van der Waals surface area contributed by atoms with Crippen molar-refractivity contribution in [3.8, 4) is 6.07 Å². The summed E-state index contributed by atoms with van der Waals surface area (Å²) in [7, 11) is 0. The van der Waals surface area contributed by atoms with Gasteiger partial charge < -0.3 is 5.32 Å². The molecule has 0 radical (unpaired) electrons. The zero-order valence-corrected chi connectivity index (χ0v) is 10.6. The van der Waals surface area contributed by atoms with E-state index in [1.807, 2.05) is 30.0 Å². The summed E-state index contributed by atoms with van der Waals surface area (Å²) in [6.45, 7) is 0. The molecular formula is C11H11BrN2S. The van der Waals surface area contributed by atoms with Crippen molar-refractivity contribution < 1.29 is 0 Å². The van der Waals surface area contributed by atoms with Crippen LogP contribution in [0.1, 0.15) is 12.0 Å². The number of rotatable bonds is 2. The van der Waals surface area contributed by atoms with Crippen LogP contribution in [0.15, 0.2) is 22.7 Å². The zero-order chi connectivity index (χ0) is 10.7. The third-order valence-corrected chi connectivity index (χ3v) is 4.21. The molecule has 1 fully saturated rings. The first kappa shape index (κ1) is 10.8. The fraction of sp³-hybridized carbons (Fsp3) is 0.364. The van der Waals surface area contributed by atoms with E-state index in [9.17, 15) is 0 Å². The predicted molar refractivity (Wildman–Crippen MR) is 68.2 cm³/mol. The van der Waals surface area contributed by atoms with Crippen LogP contribution in [0.25, 0.3) is 0 Å². The van der Waals surface area contributed by atoms with Crippen LogP contribution in [-0.4, -0.2) is 17.5 Å². The summed E-state index contributed by atoms with van der Waals surface area (Å²) in [6.07, 6.45) is 1.22. The van der Waals surface area contributed by atoms with Crippen LogP contribution in [0, 0.1) is 11.3 Å². The molecule has 1 aromatic carbocycles. The largest absolute Gasteiger partial charge is 0.381 e. The zero-order valence-electron chi connectivity index (χ0n) is 8.16. The van der Waals surface area contributed by atoms with Crippen LogP contribution in [-0.2, 0) is 0 Å². The van der Waals surface area contributed by atoms with Gasteiger partial charge in [-0.1, -0.05) is 0 Å². The molecule has 0 amide bonds. The first-order chi connectivity index (χ1) is 7.29. The number of benzene rings is 1. The summed E-state index contributed by atoms with van der Waals surface area (Å²) in [5.74, 6) is 2.41. The van der Waals surface area contributed by atoms with Gasteiger partial charge in [0, 0.05) is 22.0 Å². The molecule has 2 rings (SSSR count). The molecule has 1 unspecified atom stereocenters. The Balaban J connectivity index is 2.11. The first-order valence-electron chi connectivity index (χ1n) is 4.83. The highest BCUT2D eigenvalue weighted by molar-refractivity contribution is 9.10. The van der Waals surface area contributed by atoms with Crippen molar-refractivity contribution in [3.63, 3.8) is 0 Å².